The predicted octanol–water partition coefficient (Wildman–Crippen LogP) is 4.20. The van der Waals surface area contributed by atoms with Crippen LogP contribution in [-0.4, -0.2) is 13.1 Å². The largest absolute Gasteiger partial charge is 0.469 e. The molecule has 0 aliphatic carbocycles. The smallest absolute Gasteiger partial charge is 0.312 e. The van der Waals surface area contributed by atoms with Crippen molar-refractivity contribution < 1.29 is 9.53 Å². The van der Waals surface area contributed by atoms with E-state index >= 15 is 0 Å². The van der Waals surface area contributed by atoms with Crippen molar-refractivity contribution in [2.75, 3.05) is 7.11 Å². The molecule has 100 valence electrons. The molecule has 0 rings (SSSR count). The second-order valence-corrected chi connectivity index (χ2v) is 6.51. The first-order valence-electron chi connectivity index (χ1n) is 6.29. The first kappa shape index (κ1) is 16.2. The summed E-state index contributed by atoms with van der Waals surface area (Å²) in [6.07, 6.45) is 5.43. The highest BCUT2D eigenvalue weighted by molar-refractivity contribution is 5.77. The van der Waals surface area contributed by atoms with Crippen molar-refractivity contribution >= 4 is 5.97 Å². The summed E-state index contributed by atoms with van der Waals surface area (Å²) in [7, 11) is 1.44. The molecule has 0 bridgehead atoms. The van der Waals surface area contributed by atoms with Crippen LogP contribution in [0.3, 0.4) is 0 Å². The first-order valence-corrected chi connectivity index (χ1v) is 6.29. The summed E-state index contributed by atoms with van der Waals surface area (Å²) < 4.78 is 4.89. The summed E-state index contributed by atoms with van der Waals surface area (Å²) in [5, 5.41) is 0. The molecule has 2 nitrogen and oxygen atoms in total. The minimum absolute atomic E-state index is 0.165. The van der Waals surface area contributed by atoms with E-state index in [-0.39, 0.29) is 16.8 Å². The second kappa shape index (κ2) is 5.24. The Balaban J connectivity index is 5.09. The normalized spacial score (nSPS) is 14.1. The third-order valence-electron chi connectivity index (χ3n) is 4.17. The van der Waals surface area contributed by atoms with Gasteiger partial charge in [0.1, 0.15) is 0 Å². The molecule has 0 fully saturated rings. The Morgan fingerprint density at radius 1 is 1.06 bits per heavy atom. The van der Waals surface area contributed by atoms with Crippen molar-refractivity contribution in [3.05, 3.63) is 12.2 Å². The van der Waals surface area contributed by atoms with Gasteiger partial charge in [-0.2, -0.15) is 0 Å². The van der Waals surface area contributed by atoms with Gasteiger partial charge in [-0.25, -0.2) is 0 Å². The van der Waals surface area contributed by atoms with E-state index in [2.05, 4.69) is 46.8 Å². The van der Waals surface area contributed by atoms with Crippen LogP contribution in [0.15, 0.2) is 12.2 Å². The number of hydrogen-bond donors (Lipinski definition) is 0. The topological polar surface area (TPSA) is 26.3 Å². The molecule has 0 saturated heterocycles. The number of methoxy groups -OCH3 is 1. The molecule has 2 heteroatoms. The molecule has 0 aliphatic heterocycles. The van der Waals surface area contributed by atoms with Gasteiger partial charge < -0.3 is 4.74 Å². The summed E-state index contributed by atoms with van der Waals surface area (Å²) in [6.45, 7) is 14.6. The zero-order valence-electron chi connectivity index (χ0n) is 12.7. The van der Waals surface area contributed by atoms with Gasteiger partial charge in [0, 0.05) is 0 Å². The Hall–Kier alpha value is -0.790. The highest BCUT2D eigenvalue weighted by atomic mass is 16.5. The Labute approximate surface area is 106 Å². The minimum atomic E-state index is -0.526. The molecular weight excluding hydrogens is 212 g/mol. The Bertz CT molecular complexity index is 296. The second-order valence-electron chi connectivity index (χ2n) is 6.51. The van der Waals surface area contributed by atoms with Crippen molar-refractivity contribution in [2.24, 2.45) is 16.2 Å². The van der Waals surface area contributed by atoms with Crippen LogP contribution in [0.2, 0.25) is 0 Å². The van der Waals surface area contributed by atoms with E-state index in [4.69, 9.17) is 4.74 Å². The van der Waals surface area contributed by atoms with Gasteiger partial charge in [0.25, 0.3) is 0 Å². The van der Waals surface area contributed by atoms with Crippen molar-refractivity contribution in [1.82, 2.24) is 0 Å². The number of carbonyl (C=O) groups excluding carboxylic acids is 1. The van der Waals surface area contributed by atoms with Gasteiger partial charge in [0.2, 0.25) is 0 Å². The van der Waals surface area contributed by atoms with Gasteiger partial charge in [0.05, 0.1) is 12.5 Å². The van der Waals surface area contributed by atoms with E-state index in [1.807, 2.05) is 13.8 Å². The van der Waals surface area contributed by atoms with Crippen LogP contribution in [0.5, 0.6) is 0 Å². The fourth-order valence-corrected chi connectivity index (χ4v) is 1.28. The van der Waals surface area contributed by atoms with E-state index in [1.54, 1.807) is 0 Å². The van der Waals surface area contributed by atoms with Crippen LogP contribution in [0.1, 0.15) is 54.9 Å². The molecule has 0 saturated carbocycles. The lowest BCUT2D eigenvalue weighted by Gasteiger charge is -2.37. The molecule has 0 atom stereocenters. The summed E-state index contributed by atoms with van der Waals surface area (Å²) in [6, 6.07) is 0. The minimum Gasteiger partial charge on any atom is -0.469 e. The van der Waals surface area contributed by atoms with Gasteiger partial charge in [-0.15, -0.1) is 0 Å². The van der Waals surface area contributed by atoms with Gasteiger partial charge >= 0.3 is 5.97 Å². The third-order valence-corrected chi connectivity index (χ3v) is 4.17. The van der Waals surface area contributed by atoms with Crippen molar-refractivity contribution in [3.8, 4) is 0 Å². The van der Waals surface area contributed by atoms with Crippen LogP contribution < -0.4 is 0 Å². The maximum Gasteiger partial charge on any atom is 0.312 e. The maximum absolute atomic E-state index is 11.8. The summed E-state index contributed by atoms with van der Waals surface area (Å²) in [5.74, 6) is -0.165. The zero-order valence-corrected chi connectivity index (χ0v) is 12.7. The van der Waals surface area contributed by atoms with Crippen LogP contribution in [0.25, 0.3) is 0 Å². The summed E-state index contributed by atoms with van der Waals surface area (Å²) in [4.78, 5) is 11.8. The number of hydrogen-bond acceptors (Lipinski definition) is 2. The average molecular weight is 240 g/mol. The number of allylic oxidation sites excluding steroid dienone is 2. The zero-order chi connectivity index (χ0) is 13.9. The van der Waals surface area contributed by atoms with Crippen molar-refractivity contribution in [2.45, 2.75) is 54.9 Å². The Morgan fingerprint density at radius 3 is 1.88 bits per heavy atom. The molecule has 0 aromatic carbocycles. The SMILES string of the molecule is CCC(C)(C)/C=C/C(C)(C)C(C)(C)C(=O)OC. The fourth-order valence-electron chi connectivity index (χ4n) is 1.28. The van der Waals surface area contributed by atoms with E-state index < -0.39 is 5.41 Å². The van der Waals surface area contributed by atoms with E-state index in [0.717, 1.165) is 6.42 Å². The van der Waals surface area contributed by atoms with Crippen LogP contribution in [-0.2, 0) is 9.53 Å². The van der Waals surface area contributed by atoms with Crippen LogP contribution in [0.4, 0.5) is 0 Å². The van der Waals surface area contributed by atoms with Gasteiger partial charge in [-0.1, -0.05) is 46.8 Å². The molecular formula is C15H28O2. The molecule has 0 heterocycles. The number of carbonyl (C=O) groups is 1. The highest BCUT2D eigenvalue weighted by Gasteiger charge is 2.42. The Kier molecular flexibility index (Phi) is 5.00. The molecule has 0 N–H and O–H groups in total. The van der Waals surface area contributed by atoms with E-state index in [0.29, 0.717) is 0 Å². The van der Waals surface area contributed by atoms with Crippen LogP contribution >= 0.6 is 0 Å². The molecule has 0 unspecified atom stereocenters. The molecule has 0 radical (unpaired) electrons. The van der Waals surface area contributed by atoms with Crippen LogP contribution in [0, 0.1) is 16.2 Å². The molecule has 0 amide bonds. The van der Waals surface area contributed by atoms with Crippen molar-refractivity contribution in [3.63, 3.8) is 0 Å². The van der Waals surface area contributed by atoms with E-state index in [1.165, 1.54) is 7.11 Å². The molecule has 0 spiro atoms. The lowest BCUT2D eigenvalue weighted by Crippen LogP contribution is -2.39. The third kappa shape index (κ3) is 3.86. The number of esters is 1. The highest BCUT2D eigenvalue weighted by Crippen LogP contribution is 2.41. The average Bonchev–Trinajstić information content (AvgIpc) is 2.25. The monoisotopic (exact) mass is 240 g/mol. The standard InChI is InChI=1S/C15H28O2/c1-9-13(2,3)10-11-14(4,5)15(6,7)12(16)17-8/h10-11H,9H2,1-8H3/b11-10+. The number of rotatable bonds is 5. The molecule has 0 aliphatic rings. The fraction of sp³-hybridized carbons (Fsp3) is 0.800. The molecule has 0 aromatic rings. The maximum atomic E-state index is 11.8. The Morgan fingerprint density at radius 2 is 1.53 bits per heavy atom. The quantitative estimate of drug-likeness (QED) is 0.531. The first-order chi connectivity index (χ1) is 7.50. The number of ether oxygens (including phenoxy) is 1. The summed E-state index contributed by atoms with van der Waals surface area (Å²) >= 11 is 0. The lowest BCUT2D eigenvalue weighted by molar-refractivity contribution is -0.155. The van der Waals surface area contributed by atoms with Gasteiger partial charge in [0.15, 0.2) is 0 Å². The lowest BCUT2D eigenvalue weighted by atomic mass is 9.67. The predicted molar refractivity (Wildman–Crippen MR) is 72.8 cm³/mol. The summed E-state index contributed by atoms with van der Waals surface area (Å²) in [5.41, 5.74) is -0.585. The molecule has 17 heavy (non-hydrogen) atoms. The van der Waals surface area contributed by atoms with Gasteiger partial charge in [-0.05, 0) is 31.1 Å². The van der Waals surface area contributed by atoms with Gasteiger partial charge in [-0.3, -0.25) is 4.79 Å². The van der Waals surface area contributed by atoms with E-state index in [9.17, 15) is 4.79 Å². The van der Waals surface area contributed by atoms with Crippen molar-refractivity contribution in [1.29, 1.82) is 0 Å². The molecule has 0 aromatic heterocycles.